The van der Waals surface area contributed by atoms with Crippen LogP contribution in [0.2, 0.25) is 0 Å². The number of carbonyl (C=O) groups is 1. The Morgan fingerprint density at radius 1 is 1.38 bits per heavy atom. The molecule has 0 radical (unpaired) electrons. The van der Waals surface area contributed by atoms with Crippen molar-refractivity contribution in [1.82, 2.24) is 0 Å². The highest BCUT2D eigenvalue weighted by molar-refractivity contribution is 5.96. The summed E-state index contributed by atoms with van der Waals surface area (Å²) in [6.07, 6.45) is 3.61. The SMILES string of the molecule is CCOC(=O)c1cc(N)ccc1NC1CCC(CC)C1C. The van der Waals surface area contributed by atoms with Crippen LogP contribution < -0.4 is 11.1 Å². The molecular formula is C17H26N2O2. The maximum Gasteiger partial charge on any atom is 0.340 e. The normalized spacial score (nSPS) is 24.8. The van der Waals surface area contributed by atoms with E-state index < -0.39 is 0 Å². The number of ether oxygens (including phenoxy) is 1. The fourth-order valence-corrected chi connectivity index (χ4v) is 3.29. The molecule has 0 aromatic heterocycles. The van der Waals surface area contributed by atoms with Gasteiger partial charge >= 0.3 is 5.97 Å². The predicted molar refractivity (Wildman–Crippen MR) is 86.4 cm³/mol. The summed E-state index contributed by atoms with van der Waals surface area (Å²) in [4.78, 5) is 12.1. The van der Waals surface area contributed by atoms with Crippen molar-refractivity contribution in [2.24, 2.45) is 11.8 Å². The summed E-state index contributed by atoms with van der Waals surface area (Å²) in [7, 11) is 0. The van der Waals surface area contributed by atoms with E-state index in [0.717, 1.165) is 18.0 Å². The van der Waals surface area contributed by atoms with Crippen molar-refractivity contribution in [3.05, 3.63) is 23.8 Å². The average molecular weight is 290 g/mol. The summed E-state index contributed by atoms with van der Waals surface area (Å²) in [6, 6.07) is 5.80. The van der Waals surface area contributed by atoms with E-state index in [4.69, 9.17) is 10.5 Å². The van der Waals surface area contributed by atoms with E-state index in [1.165, 1.54) is 12.8 Å². The monoisotopic (exact) mass is 290 g/mol. The van der Waals surface area contributed by atoms with Gasteiger partial charge in [-0.1, -0.05) is 20.3 Å². The van der Waals surface area contributed by atoms with Crippen molar-refractivity contribution >= 4 is 17.3 Å². The molecule has 1 saturated carbocycles. The minimum absolute atomic E-state index is 0.315. The first kappa shape index (κ1) is 15.7. The van der Waals surface area contributed by atoms with Gasteiger partial charge in [-0.2, -0.15) is 0 Å². The lowest BCUT2D eigenvalue weighted by Crippen LogP contribution is -2.26. The quantitative estimate of drug-likeness (QED) is 0.641. The van der Waals surface area contributed by atoms with Crippen molar-refractivity contribution in [3.63, 3.8) is 0 Å². The Labute approximate surface area is 127 Å². The number of hydrogen-bond acceptors (Lipinski definition) is 4. The number of hydrogen-bond donors (Lipinski definition) is 2. The number of carbonyl (C=O) groups excluding carboxylic acids is 1. The lowest BCUT2D eigenvalue weighted by molar-refractivity contribution is 0.0527. The Hall–Kier alpha value is -1.71. The molecular weight excluding hydrogens is 264 g/mol. The van der Waals surface area contributed by atoms with Crippen LogP contribution >= 0.6 is 0 Å². The van der Waals surface area contributed by atoms with Crippen molar-refractivity contribution in [3.8, 4) is 0 Å². The van der Waals surface area contributed by atoms with Gasteiger partial charge in [0.15, 0.2) is 0 Å². The molecule has 1 fully saturated rings. The molecule has 0 spiro atoms. The lowest BCUT2D eigenvalue weighted by atomic mass is 9.93. The van der Waals surface area contributed by atoms with E-state index >= 15 is 0 Å². The van der Waals surface area contributed by atoms with E-state index in [-0.39, 0.29) is 5.97 Å². The van der Waals surface area contributed by atoms with Gasteiger partial charge in [0.2, 0.25) is 0 Å². The molecule has 0 heterocycles. The molecule has 0 saturated heterocycles. The molecule has 4 nitrogen and oxygen atoms in total. The largest absolute Gasteiger partial charge is 0.462 e. The Balaban J connectivity index is 2.18. The molecule has 1 aromatic carbocycles. The van der Waals surface area contributed by atoms with Crippen molar-refractivity contribution in [2.75, 3.05) is 17.7 Å². The second-order valence-corrected chi connectivity index (χ2v) is 5.88. The highest BCUT2D eigenvalue weighted by Crippen LogP contribution is 2.36. The van der Waals surface area contributed by atoms with Crippen LogP contribution in [0, 0.1) is 11.8 Å². The van der Waals surface area contributed by atoms with Gasteiger partial charge in [0.1, 0.15) is 0 Å². The second kappa shape index (κ2) is 6.83. The summed E-state index contributed by atoms with van der Waals surface area (Å²) >= 11 is 0. The van der Waals surface area contributed by atoms with Crippen LogP contribution in [-0.4, -0.2) is 18.6 Å². The summed E-state index contributed by atoms with van der Waals surface area (Å²) < 4.78 is 5.12. The third-order valence-corrected chi connectivity index (χ3v) is 4.63. The third-order valence-electron chi connectivity index (χ3n) is 4.63. The maximum atomic E-state index is 12.1. The molecule has 0 amide bonds. The smallest absolute Gasteiger partial charge is 0.340 e. The van der Waals surface area contributed by atoms with Gasteiger partial charge in [-0.25, -0.2) is 4.79 Å². The number of rotatable bonds is 5. The van der Waals surface area contributed by atoms with Crippen LogP contribution in [0.15, 0.2) is 18.2 Å². The highest BCUT2D eigenvalue weighted by Gasteiger charge is 2.32. The number of nitrogens with one attached hydrogen (secondary N) is 1. The van der Waals surface area contributed by atoms with Crippen LogP contribution in [0.3, 0.4) is 0 Å². The molecule has 1 aliphatic carbocycles. The van der Waals surface area contributed by atoms with E-state index in [1.54, 1.807) is 6.07 Å². The van der Waals surface area contributed by atoms with E-state index in [1.807, 2.05) is 19.1 Å². The molecule has 3 atom stereocenters. The minimum atomic E-state index is -0.315. The maximum absolute atomic E-state index is 12.1. The van der Waals surface area contributed by atoms with Crippen LogP contribution in [0.4, 0.5) is 11.4 Å². The van der Waals surface area contributed by atoms with Crippen molar-refractivity contribution in [2.45, 2.75) is 46.1 Å². The zero-order chi connectivity index (χ0) is 15.4. The zero-order valence-electron chi connectivity index (χ0n) is 13.2. The first-order valence-corrected chi connectivity index (χ1v) is 7.90. The number of benzene rings is 1. The van der Waals surface area contributed by atoms with Gasteiger partial charge in [-0.3, -0.25) is 0 Å². The van der Waals surface area contributed by atoms with Crippen molar-refractivity contribution < 1.29 is 9.53 Å². The van der Waals surface area contributed by atoms with Gasteiger partial charge in [-0.05, 0) is 49.8 Å². The van der Waals surface area contributed by atoms with E-state index in [9.17, 15) is 4.79 Å². The molecule has 1 aromatic rings. The molecule has 3 unspecified atom stereocenters. The molecule has 2 rings (SSSR count). The summed E-state index contributed by atoms with van der Waals surface area (Å²) in [6.45, 7) is 6.71. The number of anilines is 2. The number of esters is 1. The first-order chi connectivity index (χ1) is 10.1. The van der Waals surface area contributed by atoms with E-state index in [2.05, 4.69) is 19.2 Å². The first-order valence-electron chi connectivity index (χ1n) is 7.90. The molecule has 1 aliphatic rings. The molecule has 0 bridgehead atoms. The number of nitrogen functional groups attached to an aromatic ring is 1. The van der Waals surface area contributed by atoms with Crippen LogP contribution in [0.25, 0.3) is 0 Å². The van der Waals surface area contributed by atoms with Gasteiger partial charge in [0.05, 0.1) is 12.2 Å². The Morgan fingerprint density at radius 2 is 2.14 bits per heavy atom. The second-order valence-electron chi connectivity index (χ2n) is 5.88. The van der Waals surface area contributed by atoms with E-state index in [0.29, 0.717) is 29.8 Å². The van der Waals surface area contributed by atoms with Crippen LogP contribution in [0.5, 0.6) is 0 Å². The summed E-state index contributed by atoms with van der Waals surface area (Å²) in [5.41, 5.74) is 7.74. The lowest BCUT2D eigenvalue weighted by Gasteiger charge is -2.23. The Kier molecular flexibility index (Phi) is 5.10. The Bertz CT molecular complexity index is 502. The molecule has 0 aliphatic heterocycles. The van der Waals surface area contributed by atoms with Crippen molar-refractivity contribution in [1.29, 1.82) is 0 Å². The van der Waals surface area contributed by atoms with Gasteiger partial charge in [0.25, 0.3) is 0 Å². The molecule has 4 heteroatoms. The topological polar surface area (TPSA) is 64.3 Å². The predicted octanol–water partition coefficient (Wildman–Crippen LogP) is 3.68. The molecule has 3 N–H and O–H groups in total. The third kappa shape index (κ3) is 3.49. The zero-order valence-corrected chi connectivity index (χ0v) is 13.2. The Morgan fingerprint density at radius 3 is 2.76 bits per heavy atom. The van der Waals surface area contributed by atoms with Crippen LogP contribution in [-0.2, 0) is 4.74 Å². The average Bonchev–Trinajstić information content (AvgIpc) is 2.81. The minimum Gasteiger partial charge on any atom is -0.462 e. The van der Waals surface area contributed by atoms with Gasteiger partial charge in [0, 0.05) is 17.4 Å². The number of nitrogens with two attached hydrogens (primary N) is 1. The van der Waals surface area contributed by atoms with Crippen LogP contribution in [0.1, 0.15) is 50.4 Å². The van der Waals surface area contributed by atoms with Gasteiger partial charge in [-0.15, -0.1) is 0 Å². The molecule has 116 valence electrons. The fraction of sp³-hybridized carbons (Fsp3) is 0.588. The van der Waals surface area contributed by atoms with Gasteiger partial charge < -0.3 is 15.8 Å². The molecule has 21 heavy (non-hydrogen) atoms. The summed E-state index contributed by atoms with van der Waals surface area (Å²) in [5, 5.41) is 3.53. The fourth-order valence-electron chi connectivity index (χ4n) is 3.29. The summed E-state index contributed by atoms with van der Waals surface area (Å²) in [5.74, 6) is 1.06. The highest BCUT2D eigenvalue weighted by atomic mass is 16.5. The standard InChI is InChI=1S/C17H26N2O2/c1-4-12-6-8-15(11(12)3)19-16-9-7-13(18)10-14(16)17(20)21-5-2/h7,9-12,15,19H,4-6,8,18H2,1-3H3.